The van der Waals surface area contributed by atoms with E-state index < -0.39 is 11.6 Å². The standard InChI is InChI=1S/C23H20FN3O4/c1-3-26-22(28)13-31-20-7-4-14(9-21(20)30-2)8-15(11-25)23(29)18-12-27-19-10-16(24)5-6-17(18)19/h4-10,12,27H,3,13H2,1-2H3,(H,26,28)/b15-8+. The Bertz CT molecular complexity index is 1210. The number of nitriles is 1. The van der Waals surface area contributed by atoms with Gasteiger partial charge in [-0.05, 0) is 48.9 Å². The van der Waals surface area contributed by atoms with Crippen molar-refractivity contribution in [3.8, 4) is 17.6 Å². The molecule has 1 heterocycles. The van der Waals surface area contributed by atoms with Crippen LogP contribution in [0.5, 0.6) is 11.5 Å². The summed E-state index contributed by atoms with van der Waals surface area (Å²) in [7, 11) is 1.45. The number of amides is 1. The Morgan fingerprint density at radius 1 is 1.23 bits per heavy atom. The highest BCUT2D eigenvalue weighted by Crippen LogP contribution is 2.29. The van der Waals surface area contributed by atoms with Crippen LogP contribution in [0.2, 0.25) is 0 Å². The van der Waals surface area contributed by atoms with Gasteiger partial charge in [-0.15, -0.1) is 0 Å². The number of Topliss-reactive ketones (excluding diaryl/α,β-unsaturated/α-hetero) is 1. The van der Waals surface area contributed by atoms with Gasteiger partial charge in [0.2, 0.25) is 5.78 Å². The zero-order chi connectivity index (χ0) is 22.4. The van der Waals surface area contributed by atoms with E-state index in [4.69, 9.17) is 9.47 Å². The lowest BCUT2D eigenvalue weighted by Gasteiger charge is -2.11. The highest BCUT2D eigenvalue weighted by molar-refractivity contribution is 6.19. The molecule has 1 aromatic heterocycles. The lowest BCUT2D eigenvalue weighted by atomic mass is 10.0. The number of rotatable bonds is 8. The van der Waals surface area contributed by atoms with Gasteiger partial charge in [0.05, 0.1) is 7.11 Å². The molecule has 3 aromatic rings. The zero-order valence-corrected chi connectivity index (χ0v) is 17.0. The molecule has 31 heavy (non-hydrogen) atoms. The van der Waals surface area contributed by atoms with E-state index in [2.05, 4.69) is 10.3 Å². The lowest BCUT2D eigenvalue weighted by molar-refractivity contribution is -0.123. The average Bonchev–Trinajstić information content (AvgIpc) is 3.19. The molecule has 0 aliphatic rings. The van der Waals surface area contributed by atoms with E-state index in [9.17, 15) is 19.2 Å². The van der Waals surface area contributed by atoms with Gasteiger partial charge in [-0.25, -0.2) is 4.39 Å². The number of fused-ring (bicyclic) bond motifs is 1. The van der Waals surface area contributed by atoms with Crippen LogP contribution >= 0.6 is 0 Å². The van der Waals surface area contributed by atoms with E-state index >= 15 is 0 Å². The number of carbonyl (C=O) groups excluding carboxylic acids is 2. The van der Waals surface area contributed by atoms with Crippen molar-refractivity contribution in [2.45, 2.75) is 6.92 Å². The summed E-state index contributed by atoms with van der Waals surface area (Å²) in [6.45, 7) is 2.14. The van der Waals surface area contributed by atoms with Gasteiger partial charge in [-0.2, -0.15) is 5.26 Å². The van der Waals surface area contributed by atoms with E-state index in [1.165, 1.54) is 37.6 Å². The summed E-state index contributed by atoms with van der Waals surface area (Å²) >= 11 is 0. The van der Waals surface area contributed by atoms with Crippen molar-refractivity contribution >= 4 is 28.7 Å². The summed E-state index contributed by atoms with van der Waals surface area (Å²) < 4.78 is 24.2. The molecular formula is C23H20FN3O4. The SMILES string of the molecule is CCNC(=O)COc1ccc(/C=C(\C#N)C(=O)c2c[nH]c3cc(F)ccc23)cc1OC. The van der Waals surface area contributed by atoms with Gasteiger partial charge >= 0.3 is 0 Å². The van der Waals surface area contributed by atoms with Crippen LogP contribution in [0.4, 0.5) is 4.39 Å². The molecule has 0 radical (unpaired) electrons. The zero-order valence-electron chi connectivity index (χ0n) is 17.0. The number of nitrogens with zero attached hydrogens (tertiary/aromatic N) is 1. The maximum atomic E-state index is 13.4. The molecule has 0 aliphatic heterocycles. The first-order valence-corrected chi connectivity index (χ1v) is 9.47. The molecule has 2 aromatic carbocycles. The number of allylic oxidation sites excluding steroid dienone is 1. The monoisotopic (exact) mass is 421 g/mol. The minimum atomic E-state index is -0.490. The Balaban J connectivity index is 1.86. The van der Waals surface area contributed by atoms with Gasteiger partial charge in [0.15, 0.2) is 18.1 Å². The molecule has 0 unspecified atom stereocenters. The van der Waals surface area contributed by atoms with Crippen molar-refractivity contribution in [1.29, 1.82) is 5.26 Å². The molecule has 7 nitrogen and oxygen atoms in total. The molecule has 3 rings (SSSR count). The van der Waals surface area contributed by atoms with Gasteiger partial charge in [0.1, 0.15) is 17.5 Å². The van der Waals surface area contributed by atoms with Crippen molar-refractivity contribution in [2.24, 2.45) is 0 Å². The number of hydrogen-bond acceptors (Lipinski definition) is 5. The number of ketones is 1. The second kappa shape index (κ2) is 9.59. The van der Waals surface area contributed by atoms with Crippen LogP contribution in [0.3, 0.4) is 0 Å². The Kier molecular flexibility index (Phi) is 6.67. The number of aromatic amines is 1. The minimum Gasteiger partial charge on any atom is -0.493 e. The number of likely N-dealkylation sites (N-methyl/N-ethyl adjacent to an activating group) is 1. The summed E-state index contributed by atoms with van der Waals surface area (Å²) in [6.07, 6.45) is 2.89. The Labute approximate surface area is 178 Å². The number of ether oxygens (including phenoxy) is 2. The van der Waals surface area contributed by atoms with Gasteiger partial charge < -0.3 is 19.8 Å². The van der Waals surface area contributed by atoms with Crippen molar-refractivity contribution in [2.75, 3.05) is 20.3 Å². The third-order valence-electron chi connectivity index (χ3n) is 4.48. The number of nitrogens with one attached hydrogen (secondary N) is 2. The van der Waals surface area contributed by atoms with Gasteiger partial charge in [0.25, 0.3) is 5.91 Å². The van der Waals surface area contributed by atoms with Crippen LogP contribution in [-0.4, -0.2) is 36.9 Å². The quantitative estimate of drug-likeness (QED) is 0.328. The molecular weight excluding hydrogens is 401 g/mol. The average molecular weight is 421 g/mol. The summed E-state index contributed by atoms with van der Waals surface area (Å²) in [4.78, 5) is 27.3. The Morgan fingerprint density at radius 3 is 2.74 bits per heavy atom. The summed E-state index contributed by atoms with van der Waals surface area (Å²) in [5.74, 6) is -0.467. The fraction of sp³-hybridized carbons (Fsp3) is 0.174. The summed E-state index contributed by atoms with van der Waals surface area (Å²) in [6, 6.07) is 10.8. The predicted octanol–water partition coefficient (Wildman–Crippen LogP) is 3.62. The van der Waals surface area contributed by atoms with Gasteiger partial charge in [0, 0.05) is 29.2 Å². The second-order valence-electron chi connectivity index (χ2n) is 6.54. The molecule has 0 fully saturated rings. The molecule has 158 valence electrons. The largest absolute Gasteiger partial charge is 0.493 e. The summed E-state index contributed by atoms with van der Waals surface area (Å²) in [5, 5.41) is 12.7. The number of H-pyrrole nitrogens is 1. The fourth-order valence-electron chi connectivity index (χ4n) is 3.03. The van der Waals surface area contributed by atoms with Crippen LogP contribution in [0.15, 0.2) is 48.2 Å². The van der Waals surface area contributed by atoms with E-state index in [0.717, 1.165) is 0 Å². The third-order valence-corrected chi connectivity index (χ3v) is 4.48. The molecule has 0 saturated carbocycles. The fourth-order valence-corrected chi connectivity index (χ4v) is 3.03. The van der Waals surface area contributed by atoms with E-state index in [0.29, 0.717) is 34.5 Å². The normalized spacial score (nSPS) is 11.1. The molecule has 8 heteroatoms. The molecule has 0 aliphatic carbocycles. The van der Waals surface area contributed by atoms with Crippen molar-refractivity contribution in [3.63, 3.8) is 0 Å². The first kappa shape index (κ1) is 21.6. The maximum Gasteiger partial charge on any atom is 0.257 e. The minimum absolute atomic E-state index is 0.0942. The first-order valence-electron chi connectivity index (χ1n) is 9.47. The number of carbonyl (C=O) groups is 2. The van der Waals surface area contributed by atoms with E-state index in [1.54, 1.807) is 18.2 Å². The smallest absolute Gasteiger partial charge is 0.257 e. The number of aromatic nitrogens is 1. The van der Waals surface area contributed by atoms with Crippen molar-refractivity contribution in [3.05, 3.63) is 65.1 Å². The van der Waals surface area contributed by atoms with Crippen molar-refractivity contribution in [1.82, 2.24) is 10.3 Å². The van der Waals surface area contributed by atoms with Gasteiger partial charge in [-0.3, -0.25) is 9.59 Å². The Morgan fingerprint density at radius 2 is 2.03 bits per heavy atom. The third kappa shape index (κ3) is 4.90. The number of halogens is 1. The van der Waals surface area contributed by atoms with E-state index in [-0.39, 0.29) is 23.7 Å². The van der Waals surface area contributed by atoms with Crippen LogP contribution in [0.25, 0.3) is 17.0 Å². The molecule has 0 bridgehead atoms. The topological polar surface area (TPSA) is 104 Å². The molecule has 0 saturated heterocycles. The predicted molar refractivity (Wildman–Crippen MR) is 113 cm³/mol. The van der Waals surface area contributed by atoms with E-state index in [1.807, 2.05) is 13.0 Å². The molecule has 0 atom stereocenters. The summed E-state index contributed by atoms with van der Waals surface area (Å²) in [5.41, 5.74) is 1.19. The molecule has 2 N–H and O–H groups in total. The first-order chi connectivity index (χ1) is 15.0. The maximum absolute atomic E-state index is 13.4. The number of hydrogen-bond donors (Lipinski definition) is 2. The number of benzene rings is 2. The molecule has 1 amide bonds. The van der Waals surface area contributed by atoms with Crippen LogP contribution in [0.1, 0.15) is 22.8 Å². The highest BCUT2D eigenvalue weighted by atomic mass is 19.1. The molecule has 0 spiro atoms. The highest BCUT2D eigenvalue weighted by Gasteiger charge is 2.17. The van der Waals surface area contributed by atoms with Gasteiger partial charge in [-0.1, -0.05) is 6.07 Å². The van der Waals surface area contributed by atoms with Crippen molar-refractivity contribution < 1.29 is 23.5 Å². The lowest BCUT2D eigenvalue weighted by Crippen LogP contribution is -2.28. The second-order valence-corrected chi connectivity index (χ2v) is 6.54. The van der Waals surface area contributed by atoms with Crippen LogP contribution in [0, 0.1) is 17.1 Å². The van der Waals surface area contributed by atoms with Crippen LogP contribution < -0.4 is 14.8 Å². The Hall–Kier alpha value is -4.12. The van der Waals surface area contributed by atoms with Crippen LogP contribution in [-0.2, 0) is 4.79 Å². The number of methoxy groups -OCH3 is 1.